The second kappa shape index (κ2) is 8.80. The Bertz CT molecular complexity index is 385. The van der Waals surface area contributed by atoms with E-state index in [2.05, 4.69) is 4.74 Å². The summed E-state index contributed by atoms with van der Waals surface area (Å²) in [6, 6.07) is 9.59. The molecule has 0 atom stereocenters. The first-order valence-electron chi connectivity index (χ1n) is 5.13. The molecule has 0 aliphatic heterocycles. The fourth-order valence-corrected chi connectivity index (χ4v) is 1.22. The van der Waals surface area contributed by atoms with Crippen LogP contribution in [0.5, 0.6) is 0 Å². The van der Waals surface area contributed by atoms with Crippen molar-refractivity contribution >= 4 is 30.8 Å². The zero-order valence-electron chi connectivity index (χ0n) is 9.18. The first-order chi connectivity index (χ1) is 7.72. The van der Waals surface area contributed by atoms with Crippen LogP contribution in [0.15, 0.2) is 42.5 Å². The third kappa shape index (κ3) is 6.78. The van der Waals surface area contributed by atoms with Gasteiger partial charge in [-0.2, -0.15) is 0 Å². The standard InChI is InChI=1S/C13H14O3.Li.H/c1-2-6-12(14)16-13(15)10-9-11-7-4-3-5-8-11;;/h2-8H,9-10H2,1H3;;/b6-2+;;. The van der Waals surface area contributed by atoms with E-state index in [1.165, 1.54) is 12.2 Å². The molecule has 86 valence electrons. The molecule has 0 unspecified atom stereocenters. The van der Waals surface area contributed by atoms with Crippen molar-refractivity contribution in [3.63, 3.8) is 0 Å². The minimum absolute atomic E-state index is 0. The molecule has 1 aromatic rings. The van der Waals surface area contributed by atoms with E-state index in [0.717, 1.165) is 5.56 Å². The van der Waals surface area contributed by atoms with Gasteiger partial charge in [0.15, 0.2) is 0 Å². The van der Waals surface area contributed by atoms with Gasteiger partial charge in [0.25, 0.3) is 0 Å². The Hall–Kier alpha value is -1.30. The summed E-state index contributed by atoms with van der Waals surface area (Å²) in [7, 11) is 0. The van der Waals surface area contributed by atoms with Crippen LogP contribution in [-0.2, 0) is 20.7 Å². The van der Waals surface area contributed by atoms with E-state index in [-0.39, 0.29) is 25.3 Å². The summed E-state index contributed by atoms with van der Waals surface area (Å²) in [5, 5.41) is 0. The molecule has 0 amide bonds. The van der Waals surface area contributed by atoms with Crippen molar-refractivity contribution in [3.05, 3.63) is 48.0 Å². The van der Waals surface area contributed by atoms with Crippen molar-refractivity contribution in [3.8, 4) is 0 Å². The summed E-state index contributed by atoms with van der Waals surface area (Å²) in [6.07, 6.45) is 3.56. The number of hydrogen-bond donors (Lipinski definition) is 0. The summed E-state index contributed by atoms with van der Waals surface area (Å²) in [4.78, 5) is 22.2. The van der Waals surface area contributed by atoms with Gasteiger partial charge in [0.2, 0.25) is 0 Å². The van der Waals surface area contributed by atoms with Crippen LogP contribution in [0.3, 0.4) is 0 Å². The molecule has 4 heteroatoms. The first kappa shape index (κ1) is 15.7. The maximum absolute atomic E-state index is 11.2. The van der Waals surface area contributed by atoms with E-state index in [4.69, 9.17) is 0 Å². The summed E-state index contributed by atoms with van der Waals surface area (Å²) in [5.41, 5.74) is 1.05. The summed E-state index contributed by atoms with van der Waals surface area (Å²) >= 11 is 0. The first-order valence-corrected chi connectivity index (χ1v) is 5.13. The number of ether oxygens (including phenoxy) is 1. The zero-order valence-corrected chi connectivity index (χ0v) is 9.18. The molecule has 0 saturated carbocycles. The van der Waals surface area contributed by atoms with Gasteiger partial charge in [-0.1, -0.05) is 36.4 Å². The van der Waals surface area contributed by atoms with Gasteiger partial charge in [-0.25, -0.2) is 4.79 Å². The molecule has 3 nitrogen and oxygen atoms in total. The van der Waals surface area contributed by atoms with Crippen LogP contribution in [-0.4, -0.2) is 30.8 Å². The van der Waals surface area contributed by atoms with E-state index < -0.39 is 11.9 Å². The van der Waals surface area contributed by atoms with Crippen molar-refractivity contribution in [2.24, 2.45) is 0 Å². The van der Waals surface area contributed by atoms with Gasteiger partial charge in [-0.3, -0.25) is 4.79 Å². The Morgan fingerprint density at radius 3 is 2.47 bits per heavy atom. The monoisotopic (exact) mass is 226 g/mol. The number of rotatable bonds is 4. The van der Waals surface area contributed by atoms with Crippen molar-refractivity contribution in [1.29, 1.82) is 0 Å². The molecule has 17 heavy (non-hydrogen) atoms. The molecule has 0 fully saturated rings. The molecule has 0 radical (unpaired) electrons. The Morgan fingerprint density at radius 1 is 1.24 bits per heavy atom. The molecule has 0 aromatic heterocycles. The third-order valence-electron chi connectivity index (χ3n) is 1.98. The van der Waals surface area contributed by atoms with Gasteiger partial charge >= 0.3 is 30.8 Å². The SMILES string of the molecule is C/C=C/C(=O)OC(=O)CCc1ccccc1.[LiH]. The van der Waals surface area contributed by atoms with Crippen LogP contribution in [0.1, 0.15) is 18.9 Å². The Kier molecular flexibility index (Phi) is 8.13. The Balaban J connectivity index is 0.00000256. The summed E-state index contributed by atoms with van der Waals surface area (Å²) in [6.45, 7) is 1.69. The van der Waals surface area contributed by atoms with Crippen LogP contribution in [0, 0.1) is 0 Å². The van der Waals surface area contributed by atoms with Gasteiger partial charge < -0.3 is 4.74 Å². The quantitative estimate of drug-likeness (QED) is 0.339. The van der Waals surface area contributed by atoms with Crippen molar-refractivity contribution in [2.75, 3.05) is 0 Å². The second-order valence-corrected chi connectivity index (χ2v) is 3.28. The Labute approximate surface area is 113 Å². The van der Waals surface area contributed by atoms with Crippen LogP contribution < -0.4 is 0 Å². The van der Waals surface area contributed by atoms with Gasteiger partial charge in [0, 0.05) is 6.08 Å². The van der Waals surface area contributed by atoms with Crippen LogP contribution in [0.4, 0.5) is 0 Å². The maximum atomic E-state index is 11.2. The van der Waals surface area contributed by atoms with Crippen LogP contribution in [0.2, 0.25) is 0 Å². The normalized spacial score (nSPS) is 9.71. The summed E-state index contributed by atoms with van der Waals surface area (Å²) < 4.78 is 4.55. The minimum atomic E-state index is -0.611. The van der Waals surface area contributed by atoms with Gasteiger partial charge in [-0.15, -0.1) is 0 Å². The predicted octanol–water partition coefficient (Wildman–Crippen LogP) is 1.62. The molecule has 1 aromatic carbocycles. The van der Waals surface area contributed by atoms with Crippen LogP contribution >= 0.6 is 0 Å². The molecule has 0 saturated heterocycles. The average Bonchev–Trinajstić information content (AvgIpc) is 2.28. The number of esters is 2. The van der Waals surface area contributed by atoms with Crippen LogP contribution in [0.25, 0.3) is 0 Å². The van der Waals surface area contributed by atoms with E-state index in [0.29, 0.717) is 6.42 Å². The van der Waals surface area contributed by atoms with E-state index in [1.807, 2.05) is 30.3 Å². The number of carbonyl (C=O) groups is 2. The van der Waals surface area contributed by atoms with Gasteiger partial charge in [0.1, 0.15) is 0 Å². The predicted molar refractivity (Wildman–Crippen MR) is 67.8 cm³/mol. The fraction of sp³-hybridized carbons (Fsp3) is 0.231. The number of aryl methyl sites for hydroxylation is 1. The van der Waals surface area contributed by atoms with E-state index >= 15 is 0 Å². The molecule has 0 spiro atoms. The Morgan fingerprint density at radius 2 is 1.88 bits per heavy atom. The molecular formula is C13H15LiO3. The number of benzene rings is 1. The number of hydrogen-bond acceptors (Lipinski definition) is 3. The van der Waals surface area contributed by atoms with E-state index in [9.17, 15) is 9.59 Å². The topological polar surface area (TPSA) is 43.4 Å². The molecule has 0 N–H and O–H groups in total. The molecular weight excluding hydrogens is 211 g/mol. The molecule has 0 bridgehead atoms. The fourth-order valence-electron chi connectivity index (χ4n) is 1.22. The van der Waals surface area contributed by atoms with Crippen molar-refractivity contribution in [1.82, 2.24) is 0 Å². The van der Waals surface area contributed by atoms with E-state index in [1.54, 1.807) is 6.92 Å². The molecule has 0 heterocycles. The number of allylic oxidation sites excluding steroid dienone is 1. The third-order valence-corrected chi connectivity index (χ3v) is 1.98. The average molecular weight is 226 g/mol. The molecule has 1 rings (SSSR count). The second-order valence-electron chi connectivity index (χ2n) is 3.28. The zero-order chi connectivity index (χ0) is 11.8. The van der Waals surface area contributed by atoms with Crippen molar-refractivity contribution in [2.45, 2.75) is 19.8 Å². The molecule has 0 aliphatic rings. The van der Waals surface area contributed by atoms with Gasteiger partial charge in [-0.05, 0) is 18.9 Å². The molecule has 0 aliphatic carbocycles. The van der Waals surface area contributed by atoms with Gasteiger partial charge in [0.05, 0.1) is 6.42 Å². The van der Waals surface area contributed by atoms with Crippen molar-refractivity contribution < 1.29 is 14.3 Å². The summed E-state index contributed by atoms with van der Waals surface area (Å²) in [5.74, 6) is -1.10. The number of carbonyl (C=O) groups excluding carboxylic acids is 2.